The Morgan fingerprint density at radius 3 is 1.52 bits per heavy atom. The van der Waals surface area contributed by atoms with Crippen LogP contribution in [0.3, 0.4) is 0 Å². The van der Waals surface area contributed by atoms with Crippen LogP contribution in [0.15, 0.2) is 208 Å². The van der Waals surface area contributed by atoms with Crippen LogP contribution in [0.5, 0.6) is 0 Å². The molecule has 8 aromatic carbocycles. The molecule has 266 valence electrons. The van der Waals surface area contributed by atoms with Crippen LogP contribution in [-0.2, 0) is 6.42 Å². The molecule has 0 saturated heterocycles. The average Bonchev–Trinajstić information content (AvgIpc) is 3.81. The molecule has 0 radical (unpaired) electrons. The maximum absolute atomic E-state index is 6.79. The summed E-state index contributed by atoms with van der Waals surface area (Å²) in [6.45, 7) is 0. The van der Waals surface area contributed by atoms with Gasteiger partial charge in [0.25, 0.3) is 0 Å². The maximum atomic E-state index is 6.79. The van der Waals surface area contributed by atoms with Crippen molar-refractivity contribution in [2.45, 2.75) is 6.42 Å². The van der Waals surface area contributed by atoms with Gasteiger partial charge in [0.15, 0.2) is 0 Å². The van der Waals surface area contributed by atoms with Crippen LogP contribution in [0, 0.1) is 0 Å². The second kappa shape index (κ2) is 14.1. The molecule has 4 nitrogen and oxygen atoms in total. The normalized spacial score (nSPS) is 12.3. The molecule has 0 aliphatic carbocycles. The zero-order chi connectivity index (χ0) is 37.4. The molecule has 0 spiro atoms. The maximum Gasteiger partial charge on any atom is 0.139 e. The van der Waals surface area contributed by atoms with Crippen LogP contribution in [0.2, 0.25) is 0 Å². The fraction of sp³-hybridized carbons (Fsp3) is 0.0192. The Labute approximate surface area is 324 Å². The third-order valence-electron chi connectivity index (χ3n) is 10.5. The molecule has 0 amide bonds. The first-order valence-corrected chi connectivity index (χ1v) is 18.9. The summed E-state index contributed by atoms with van der Waals surface area (Å²) in [5.41, 5.74) is 20.8. The van der Waals surface area contributed by atoms with Crippen molar-refractivity contribution in [2.75, 3.05) is 0 Å². The number of nitrogens with two attached hydrogens (primary N) is 1. The minimum atomic E-state index is 0.441. The number of nitrogens with zero attached hydrogens (tertiary/aromatic N) is 1. The van der Waals surface area contributed by atoms with Gasteiger partial charge in [0.1, 0.15) is 28.2 Å². The standard InChI is InChI=1S/C52H36N2O2/c53-52(54-47(37-19-11-4-12-20-37)24-21-34-13-5-1-6-14-34)39-23-26-49-44(31-39)46-32-45-43-30-38(22-25-48(43)55-50(45)33-51(46)56-49)42-28-40(35-15-7-2-8-16-35)27-41(29-42)36-17-9-3-10-18-36/h1-20,22-33H,21H2,(H2,53,54)/b47-24-. The Kier molecular flexibility index (Phi) is 8.34. The molecule has 10 aromatic rings. The second-order valence-electron chi connectivity index (χ2n) is 14.1. The summed E-state index contributed by atoms with van der Waals surface area (Å²) >= 11 is 0. The number of amidine groups is 1. The number of benzene rings is 8. The zero-order valence-corrected chi connectivity index (χ0v) is 30.5. The third-order valence-corrected chi connectivity index (χ3v) is 10.5. The van der Waals surface area contributed by atoms with Crippen LogP contribution >= 0.6 is 0 Å². The van der Waals surface area contributed by atoms with E-state index in [4.69, 9.17) is 19.6 Å². The largest absolute Gasteiger partial charge is 0.456 e. The smallest absolute Gasteiger partial charge is 0.139 e. The van der Waals surface area contributed by atoms with Crippen LogP contribution in [-0.4, -0.2) is 5.84 Å². The molecule has 2 aromatic heterocycles. The number of furan rings is 2. The molecule has 0 aliphatic heterocycles. The van der Waals surface area contributed by atoms with Gasteiger partial charge in [-0.1, -0.05) is 133 Å². The van der Waals surface area contributed by atoms with E-state index in [0.29, 0.717) is 5.84 Å². The summed E-state index contributed by atoms with van der Waals surface area (Å²) in [4.78, 5) is 4.99. The minimum Gasteiger partial charge on any atom is -0.456 e. The van der Waals surface area contributed by atoms with Gasteiger partial charge in [0.05, 0.1) is 5.70 Å². The van der Waals surface area contributed by atoms with E-state index in [9.17, 15) is 0 Å². The molecule has 2 heterocycles. The minimum absolute atomic E-state index is 0.441. The van der Waals surface area contributed by atoms with E-state index >= 15 is 0 Å². The van der Waals surface area contributed by atoms with Gasteiger partial charge in [-0.15, -0.1) is 0 Å². The van der Waals surface area contributed by atoms with Crippen molar-refractivity contribution in [1.82, 2.24) is 0 Å². The first kappa shape index (κ1) is 33.2. The zero-order valence-electron chi connectivity index (χ0n) is 30.5. The predicted molar refractivity (Wildman–Crippen MR) is 233 cm³/mol. The van der Waals surface area contributed by atoms with Crippen LogP contribution in [0.25, 0.3) is 83.0 Å². The Bertz CT molecular complexity index is 3030. The van der Waals surface area contributed by atoms with Gasteiger partial charge >= 0.3 is 0 Å². The molecule has 0 atom stereocenters. The van der Waals surface area contributed by atoms with E-state index < -0.39 is 0 Å². The van der Waals surface area contributed by atoms with Crippen LogP contribution < -0.4 is 5.73 Å². The van der Waals surface area contributed by atoms with Crippen LogP contribution in [0.1, 0.15) is 16.7 Å². The van der Waals surface area contributed by atoms with Gasteiger partial charge in [-0.25, -0.2) is 4.99 Å². The average molecular weight is 721 g/mol. The van der Waals surface area contributed by atoms with Crippen molar-refractivity contribution >= 4 is 55.4 Å². The summed E-state index contributed by atoms with van der Waals surface area (Å²) in [5.74, 6) is 0.441. The number of hydrogen-bond acceptors (Lipinski definition) is 3. The van der Waals surface area contributed by atoms with Crippen molar-refractivity contribution < 1.29 is 8.83 Å². The van der Waals surface area contributed by atoms with E-state index in [1.165, 1.54) is 27.8 Å². The molecule has 4 heteroatoms. The van der Waals surface area contributed by atoms with Crippen molar-refractivity contribution in [3.8, 4) is 33.4 Å². The molecule has 0 fully saturated rings. The molecule has 0 saturated carbocycles. The summed E-state index contributed by atoms with van der Waals surface area (Å²) in [7, 11) is 0. The van der Waals surface area contributed by atoms with E-state index in [2.05, 4.69) is 152 Å². The molecule has 10 rings (SSSR count). The first-order valence-electron chi connectivity index (χ1n) is 18.9. The Morgan fingerprint density at radius 1 is 0.411 bits per heavy atom. The molecule has 0 aliphatic rings. The van der Waals surface area contributed by atoms with Gasteiger partial charge in [-0.05, 0) is 106 Å². The summed E-state index contributed by atoms with van der Waals surface area (Å²) in [5, 5.41) is 4.05. The van der Waals surface area contributed by atoms with Crippen molar-refractivity contribution in [2.24, 2.45) is 10.7 Å². The summed E-state index contributed by atoms with van der Waals surface area (Å²) < 4.78 is 12.8. The lowest BCUT2D eigenvalue weighted by Gasteiger charge is -2.11. The SMILES string of the molecule is NC(=N/C(=C\Cc1ccccc1)c1ccccc1)c1ccc2oc3cc4oc5ccc(-c6cc(-c7ccccc7)cc(-c7ccccc7)c6)cc5c4cc3c2c1. The molecule has 0 bridgehead atoms. The fourth-order valence-electron chi connectivity index (χ4n) is 7.63. The van der Waals surface area contributed by atoms with E-state index in [1.807, 2.05) is 42.5 Å². The highest BCUT2D eigenvalue weighted by atomic mass is 16.3. The quantitative estimate of drug-likeness (QED) is 0.126. The number of rotatable bonds is 8. The van der Waals surface area contributed by atoms with E-state index in [1.54, 1.807) is 0 Å². The summed E-state index contributed by atoms with van der Waals surface area (Å²) in [6, 6.07) is 65.2. The lowest BCUT2D eigenvalue weighted by Crippen LogP contribution is -2.13. The van der Waals surface area contributed by atoms with Gasteiger partial charge in [0.2, 0.25) is 0 Å². The number of hydrogen-bond donors (Lipinski definition) is 1. The highest BCUT2D eigenvalue weighted by molar-refractivity contribution is 6.16. The lowest BCUT2D eigenvalue weighted by atomic mass is 9.93. The van der Waals surface area contributed by atoms with Crippen LogP contribution in [0.4, 0.5) is 0 Å². The topological polar surface area (TPSA) is 64.7 Å². The van der Waals surface area contributed by atoms with Crippen molar-refractivity contribution in [1.29, 1.82) is 0 Å². The molecule has 56 heavy (non-hydrogen) atoms. The number of allylic oxidation sites excluding steroid dienone is 1. The second-order valence-corrected chi connectivity index (χ2v) is 14.1. The highest BCUT2D eigenvalue weighted by Crippen LogP contribution is 2.40. The van der Waals surface area contributed by atoms with Gasteiger partial charge in [-0.3, -0.25) is 0 Å². The molecule has 0 unspecified atom stereocenters. The van der Waals surface area contributed by atoms with Gasteiger partial charge < -0.3 is 14.6 Å². The molecular formula is C52H36N2O2. The first-order chi connectivity index (χ1) is 27.6. The summed E-state index contributed by atoms with van der Waals surface area (Å²) in [6.07, 6.45) is 2.88. The molecule has 2 N–H and O–H groups in total. The third kappa shape index (κ3) is 6.33. The monoisotopic (exact) mass is 720 g/mol. The van der Waals surface area contributed by atoms with Gasteiger partial charge in [0, 0.05) is 33.2 Å². The van der Waals surface area contributed by atoms with Crippen molar-refractivity contribution in [3.05, 3.63) is 211 Å². The van der Waals surface area contributed by atoms with E-state index in [-0.39, 0.29) is 0 Å². The Morgan fingerprint density at radius 2 is 0.911 bits per heavy atom. The number of aliphatic imine (C=N–C) groups is 1. The molecular weight excluding hydrogens is 685 g/mol. The van der Waals surface area contributed by atoms with E-state index in [0.717, 1.165) is 78.2 Å². The Balaban J connectivity index is 1.06. The highest BCUT2D eigenvalue weighted by Gasteiger charge is 2.16. The lowest BCUT2D eigenvalue weighted by molar-refractivity contribution is 0.656. The van der Waals surface area contributed by atoms with Crippen molar-refractivity contribution in [3.63, 3.8) is 0 Å². The fourth-order valence-corrected chi connectivity index (χ4v) is 7.63. The van der Waals surface area contributed by atoms with Gasteiger partial charge in [-0.2, -0.15) is 0 Å². The number of fused-ring (bicyclic) bond motifs is 6. The Hall–Kier alpha value is -7.43. The predicted octanol–water partition coefficient (Wildman–Crippen LogP) is 13.5.